The van der Waals surface area contributed by atoms with Crippen molar-refractivity contribution < 1.29 is 8.78 Å². The van der Waals surface area contributed by atoms with Crippen LogP contribution in [0.4, 0.5) is 8.78 Å². The maximum absolute atomic E-state index is 13.4. The molecule has 0 fully saturated rings. The molecule has 0 aliphatic carbocycles. The van der Waals surface area contributed by atoms with Crippen LogP contribution in [-0.4, -0.2) is 19.7 Å². The highest BCUT2D eigenvalue weighted by molar-refractivity contribution is 6.32. The zero-order valence-corrected chi connectivity index (χ0v) is 12.7. The van der Waals surface area contributed by atoms with Crippen molar-refractivity contribution in [1.29, 1.82) is 0 Å². The highest BCUT2D eigenvalue weighted by Crippen LogP contribution is 2.32. The van der Waals surface area contributed by atoms with Crippen molar-refractivity contribution in [3.05, 3.63) is 51.2 Å². The highest BCUT2D eigenvalue weighted by Gasteiger charge is 2.23. The van der Waals surface area contributed by atoms with Gasteiger partial charge in [0.05, 0.1) is 33.7 Å². The smallest absolute Gasteiger partial charge is 0.267 e. The molecule has 2 aromatic heterocycles. The third kappa shape index (κ3) is 2.49. The Morgan fingerprint density at radius 1 is 1.35 bits per heavy atom. The Balaban J connectivity index is 2.51. The van der Waals surface area contributed by atoms with E-state index in [1.54, 1.807) is 6.92 Å². The number of nitrogens with two attached hydrogens (primary N) is 1. The van der Waals surface area contributed by atoms with E-state index < -0.39 is 23.6 Å². The number of aromatic nitrogens is 4. The molecule has 120 valence electrons. The fraction of sp³-hybridized carbons (Fsp3) is 0.214. The van der Waals surface area contributed by atoms with E-state index in [4.69, 9.17) is 17.3 Å². The Morgan fingerprint density at radius 2 is 2.09 bits per heavy atom. The van der Waals surface area contributed by atoms with Crippen LogP contribution in [0.25, 0.3) is 16.7 Å². The second-order valence-corrected chi connectivity index (χ2v) is 5.40. The zero-order valence-electron chi connectivity index (χ0n) is 11.9. The molecule has 1 unspecified atom stereocenters. The lowest BCUT2D eigenvalue weighted by atomic mass is 10.1. The number of nitrogens with one attached hydrogen (secondary N) is 1. The Hall–Kier alpha value is -2.32. The average Bonchev–Trinajstić information content (AvgIpc) is 3.00. The number of halogens is 3. The van der Waals surface area contributed by atoms with Gasteiger partial charge in [-0.3, -0.25) is 9.89 Å². The molecule has 0 radical (unpaired) electrons. The summed E-state index contributed by atoms with van der Waals surface area (Å²) in [6.45, 7) is 1.64. The van der Waals surface area contributed by atoms with Gasteiger partial charge in [0.2, 0.25) is 0 Å². The van der Waals surface area contributed by atoms with Crippen LogP contribution in [0, 0.1) is 0 Å². The van der Waals surface area contributed by atoms with E-state index in [-0.39, 0.29) is 27.6 Å². The number of nitrogens with zero attached hydrogens (tertiary/aromatic N) is 3. The molecule has 0 bridgehead atoms. The van der Waals surface area contributed by atoms with Gasteiger partial charge in [-0.2, -0.15) is 5.10 Å². The minimum absolute atomic E-state index is 0.123. The molecular formula is C14H12ClF2N5O. The Bertz CT molecular complexity index is 921. The van der Waals surface area contributed by atoms with E-state index in [2.05, 4.69) is 15.2 Å². The van der Waals surface area contributed by atoms with Gasteiger partial charge < -0.3 is 5.73 Å². The predicted molar refractivity (Wildman–Crippen MR) is 82.1 cm³/mol. The molecule has 9 heteroatoms. The van der Waals surface area contributed by atoms with E-state index >= 15 is 0 Å². The van der Waals surface area contributed by atoms with Crippen molar-refractivity contribution in [2.75, 3.05) is 0 Å². The lowest BCUT2D eigenvalue weighted by Crippen LogP contribution is -2.28. The first-order valence-corrected chi connectivity index (χ1v) is 7.08. The van der Waals surface area contributed by atoms with E-state index in [9.17, 15) is 13.6 Å². The molecule has 0 aliphatic rings. The summed E-state index contributed by atoms with van der Waals surface area (Å²) >= 11 is 5.85. The van der Waals surface area contributed by atoms with E-state index in [0.717, 1.165) is 4.57 Å². The van der Waals surface area contributed by atoms with Gasteiger partial charge in [-0.25, -0.2) is 18.3 Å². The van der Waals surface area contributed by atoms with Crippen molar-refractivity contribution >= 4 is 22.5 Å². The third-order valence-corrected chi connectivity index (χ3v) is 3.73. The monoisotopic (exact) mass is 339 g/mol. The summed E-state index contributed by atoms with van der Waals surface area (Å²) in [6.07, 6.45) is -1.47. The van der Waals surface area contributed by atoms with Crippen molar-refractivity contribution in [2.24, 2.45) is 5.73 Å². The van der Waals surface area contributed by atoms with Crippen molar-refractivity contribution in [2.45, 2.75) is 19.4 Å². The molecule has 1 aromatic carbocycles. The van der Waals surface area contributed by atoms with E-state index in [1.807, 2.05) is 0 Å². The Kier molecular flexibility index (Phi) is 3.87. The molecule has 3 rings (SSSR count). The summed E-state index contributed by atoms with van der Waals surface area (Å²) in [6, 6.07) is 3.64. The van der Waals surface area contributed by atoms with Gasteiger partial charge in [-0.1, -0.05) is 11.6 Å². The number of hydrogen-bond acceptors (Lipinski definition) is 4. The molecule has 0 amide bonds. The lowest BCUT2D eigenvalue weighted by molar-refractivity contribution is 0.153. The van der Waals surface area contributed by atoms with Crippen molar-refractivity contribution in [1.82, 2.24) is 19.7 Å². The highest BCUT2D eigenvalue weighted by atomic mass is 35.5. The number of aromatic amines is 1. The summed E-state index contributed by atoms with van der Waals surface area (Å²) < 4.78 is 27.9. The van der Waals surface area contributed by atoms with Gasteiger partial charge in [-0.15, -0.1) is 0 Å². The van der Waals surface area contributed by atoms with Crippen LogP contribution in [0.2, 0.25) is 5.02 Å². The summed E-state index contributed by atoms with van der Waals surface area (Å²) in [5.41, 5.74) is 4.79. The summed E-state index contributed by atoms with van der Waals surface area (Å²) in [7, 11) is 0. The van der Waals surface area contributed by atoms with Gasteiger partial charge in [0.15, 0.2) is 0 Å². The minimum atomic E-state index is -2.91. The molecule has 0 spiro atoms. The fourth-order valence-corrected chi connectivity index (χ4v) is 2.65. The summed E-state index contributed by atoms with van der Waals surface area (Å²) in [5, 5.41) is 5.97. The first-order valence-electron chi connectivity index (χ1n) is 6.70. The molecule has 0 saturated carbocycles. The van der Waals surface area contributed by atoms with Gasteiger partial charge in [0.25, 0.3) is 12.0 Å². The van der Waals surface area contributed by atoms with Crippen LogP contribution in [0.1, 0.15) is 30.8 Å². The second kappa shape index (κ2) is 5.71. The lowest BCUT2D eigenvalue weighted by Gasteiger charge is -2.16. The molecule has 0 aliphatic heterocycles. The Morgan fingerprint density at radius 3 is 2.65 bits per heavy atom. The van der Waals surface area contributed by atoms with Crippen LogP contribution in [-0.2, 0) is 0 Å². The van der Waals surface area contributed by atoms with Crippen LogP contribution in [0.5, 0.6) is 0 Å². The SMILES string of the molecule is CC(N)c1nc2ccc(Cl)c(C(F)F)c2c(=O)n1-c1ccn[nH]1. The van der Waals surface area contributed by atoms with Gasteiger partial charge in [0.1, 0.15) is 11.6 Å². The summed E-state index contributed by atoms with van der Waals surface area (Å²) in [4.78, 5) is 17.1. The molecule has 23 heavy (non-hydrogen) atoms. The fourth-order valence-electron chi connectivity index (χ4n) is 2.41. The quantitative estimate of drug-likeness (QED) is 0.767. The largest absolute Gasteiger partial charge is 0.322 e. The third-order valence-electron chi connectivity index (χ3n) is 3.40. The van der Waals surface area contributed by atoms with Gasteiger partial charge in [0, 0.05) is 6.07 Å². The van der Waals surface area contributed by atoms with Crippen LogP contribution in [0.15, 0.2) is 29.2 Å². The van der Waals surface area contributed by atoms with Crippen LogP contribution in [0.3, 0.4) is 0 Å². The van der Waals surface area contributed by atoms with Crippen molar-refractivity contribution in [3.8, 4) is 5.82 Å². The first-order chi connectivity index (χ1) is 10.9. The summed E-state index contributed by atoms with van der Waals surface area (Å²) in [5.74, 6) is 0.520. The maximum atomic E-state index is 13.4. The number of alkyl halides is 2. The minimum Gasteiger partial charge on any atom is -0.322 e. The van der Waals surface area contributed by atoms with E-state index in [1.165, 1.54) is 24.4 Å². The van der Waals surface area contributed by atoms with Crippen LogP contribution < -0.4 is 11.3 Å². The average molecular weight is 340 g/mol. The molecule has 1 atom stereocenters. The molecular weight excluding hydrogens is 328 g/mol. The predicted octanol–water partition coefficient (Wildman–Crippen LogP) is 2.72. The molecule has 0 saturated heterocycles. The van der Waals surface area contributed by atoms with Crippen molar-refractivity contribution in [3.63, 3.8) is 0 Å². The molecule has 3 aromatic rings. The van der Waals surface area contributed by atoms with Gasteiger partial charge in [-0.05, 0) is 19.1 Å². The topological polar surface area (TPSA) is 89.6 Å². The number of hydrogen-bond donors (Lipinski definition) is 2. The molecule has 3 N–H and O–H groups in total. The van der Waals surface area contributed by atoms with Crippen LogP contribution >= 0.6 is 11.6 Å². The van der Waals surface area contributed by atoms with E-state index in [0.29, 0.717) is 0 Å². The normalized spacial score (nSPS) is 13.0. The standard InChI is InChI=1S/C14H12ClF2N5O/c1-6(18)13-20-8-3-2-7(15)10(12(16)17)11(8)14(23)22(13)9-4-5-19-21-9/h2-6,12H,18H2,1H3,(H,19,21). The number of H-pyrrole nitrogens is 1. The van der Waals surface area contributed by atoms with Gasteiger partial charge >= 0.3 is 0 Å². The maximum Gasteiger partial charge on any atom is 0.267 e. The zero-order chi connectivity index (χ0) is 16.7. The number of fused-ring (bicyclic) bond motifs is 1. The second-order valence-electron chi connectivity index (χ2n) is 5.00. The Labute approximate surface area is 133 Å². The molecule has 6 nitrogen and oxygen atoms in total. The number of rotatable bonds is 3. The number of benzene rings is 1. The molecule has 2 heterocycles. The first kappa shape index (κ1) is 15.6.